The van der Waals surface area contributed by atoms with Crippen molar-refractivity contribution < 1.29 is 4.79 Å². The van der Waals surface area contributed by atoms with Crippen molar-refractivity contribution in [2.24, 2.45) is 17.6 Å². The zero-order valence-corrected chi connectivity index (χ0v) is 12.1. The number of piperidine rings is 1. The van der Waals surface area contributed by atoms with Crippen molar-refractivity contribution in [3.63, 3.8) is 0 Å². The molecule has 1 fully saturated rings. The normalized spacial score (nSPS) is 20.1. The summed E-state index contributed by atoms with van der Waals surface area (Å²) in [5.74, 6) is 1.42. The summed E-state index contributed by atoms with van der Waals surface area (Å²) in [6, 6.07) is 0.257. The predicted molar refractivity (Wildman–Crippen MR) is 75.3 cm³/mol. The standard InChI is InChI=1S/C14H29N3O/c1-11(2)12(3)16-14(18)10-17-8-5-13(4-7-15)6-9-17/h11-13H,4-10,15H2,1-3H3,(H,16,18). The molecule has 0 aromatic heterocycles. The lowest BCUT2D eigenvalue weighted by atomic mass is 9.94. The summed E-state index contributed by atoms with van der Waals surface area (Å²) < 4.78 is 0. The number of nitrogens with zero attached hydrogens (tertiary/aromatic N) is 1. The van der Waals surface area contributed by atoms with Crippen LogP contribution in [0, 0.1) is 11.8 Å². The zero-order chi connectivity index (χ0) is 13.5. The SMILES string of the molecule is CC(C)C(C)NC(=O)CN1CCC(CCN)CC1. The highest BCUT2D eigenvalue weighted by Crippen LogP contribution is 2.19. The first-order valence-corrected chi connectivity index (χ1v) is 7.24. The molecular weight excluding hydrogens is 226 g/mol. The van der Waals surface area contributed by atoms with Crippen LogP contribution in [0.4, 0.5) is 0 Å². The number of amides is 1. The molecule has 1 atom stereocenters. The second-order valence-electron chi connectivity index (χ2n) is 5.90. The molecule has 1 aliphatic rings. The number of rotatable bonds is 6. The monoisotopic (exact) mass is 255 g/mol. The van der Waals surface area contributed by atoms with Crippen LogP contribution in [0.15, 0.2) is 0 Å². The summed E-state index contributed by atoms with van der Waals surface area (Å²) in [5, 5.41) is 3.06. The molecule has 106 valence electrons. The Morgan fingerprint density at radius 2 is 1.94 bits per heavy atom. The van der Waals surface area contributed by atoms with Gasteiger partial charge in [-0.15, -0.1) is 0 Å². The van der Waals surface area contributed by atoms with Gasteiger partial charge in [0, 0.05) is 6.04 Å². The molecule has 0 spiro atoms. The summed E-state index contributed by atoms with van der Waals surface area (Å²) in [6.07, 6.45) is 3.50. The highest BCUT2D eigenvalue weighted by atomic mass is 16.2. The van der Waals surface area contributed by atoms with E-state index in [4.69, 9.17) is 5.73 Å². The van der Waals surface area contributed by atoms with Gasteiger partial charge < -0.3 is 11.1 Å². The Labute approximate surface area is 111 Å². The van der Waals surface area contributed by atoms with E-state index in [1.165, 1.54) is 12.8 Å². The molecule has 1 amide bonds. The van der Waals surface area contributed by atoms with Crippen molar-refractivity contribution in [2.45, 2.75) is 46.1 Å². The summed E-state index contributed by atoms with van der Waals surface area (Å²) in [4.78, 5) is 14.1. The van der Waals surface area contributed by atoms with Crippen LogP contribution in [0.1, 0.15) is 40.0 Å². The maximum Gasteiger partial charge on any atom is 0.234 e. The van der Waals surface area contributed by atoms with Crippen LogP contribution in [-0.4, -0.2) is 43.0 Å². The van der Waals surface area contributed by atoms with Gasteiger partial charge in [0.15, 0.2) is 0 Å². The molecular formula is C14H29N3O. The van der Waals surface area contributed by atoms with E-state index >= 15 is 0 Å². The predicted octanol–water partition coefficient (Wildman–Crippen LogP) is 1.21. The van der Waals surface area contributed by atoms with E-state index in [1.807, 2.05) is 0 Å². The fraction of sp³-hybridized carbons (Fsp3) is 0.929. The molecule has 1 heterocycles. The van der Waals surface area contributed by atoms with E-state index in [0.29, 0.717) is 12.5 Å². The van der Waals surface area contributed by atoms with Gasteiger partial charge >= 0.3 is 0 Å². The fourth-order valence-electron chi connectivity index (χ4n) is 2.34. The molecule has 0 aromatic carbocycles. The number of nitrogens with two attached hydrogens (primary N) is 1. The first-order chi connectivity index (χ1) is 8.52. The molecule has 0 aromatic rings. The molecule has 1 saturated heterocycles. The summed E-state index contributed by atoms with van der Waals surface area (Å²) >= 11 is 0. The van der Waals surface area contributed by atoms with Crippen molar-refractivity contribution in [2.75, 3.05) is 26.2 Å². The van der Waals surface area contributed by atoms with Crippen molar-refractivity contribution >= 4 is 5.91 Å². The van der Waals surface area contributed by atoms with Gasteiger partial charge in [0.2, 0.25) is 5.91 Å². The Kier molecular flexibility index (Phi) is 6.65. The smallest absolute Gasteiger partial charge is 0.234 e. The van der Waals surface area contributed by atoms with Gasteiger partial charge in [-0.2, -0.15) is 0 Å². The highest BCUT2D eigenvalue weighted by Gasteiger charge is 2.21. The van der Waals surface area contributed by atoms with Gasteiger partial charge in [-0.25, -0.2) is 0 Å². The summed E-state index contributed by atoms with van der Waals surface area (Å²) in [6.45, 7) is 9.73. The topological polar surface area (TPSA) is 58.4 Å². The van der Waals surface area contributed by atoms with Gasteiger partial charge in [-0.1, -0.05) is 13.8 Å². The highest BCUT2D eigenvalue weighted by molar-refractivity contribution is 5.78. The number of hydrogen-bond acceptors (Lipinski definition) is 3. The minimum absolute atomic E-state index is 0.161. The third-order valence-corrected chi connectivity index (χ3v) is 4.04. The third kappa shape index (κ3) is 5.36. The number of nitrogens with one attached hydrogen (secondary N) is 1. The van der Waals surface area contributed by atoms with E-state index < -0.39 is 0 Å². The van der Waals surface area contributed by atoms with Crippen LogP contribution >= 0.6 is 0 Å². The number of carbonyl (C=O) groups excluding carboxylic acids is 1. The lowest BCUT2D eigenvalue weighted by Crippen LogP contribution is -2.45. The van der Waals surface area contributed by atoms with Crippen LogP contribution in [0.25, 0.3) is 0 Å². The van der Waals surface area contributed by atoms with Crippen LogP contribution in [0.3, 0.4) is 0 Å². The maximum absolute atomic E-state index is 11.9. The summed E-state index contributed by atoms with van der Waals surface area (Å²) in [7, 11) is 0. The van der Waals surface area contributed by atoms with Crippen molar-refractivity contribution in [1.29, 1.82) is 0 Å². The minimum Gasteiger partial charge on any atom is -0.352 e. The maximum atomic E-state index is 11.9. The van der Waals surface area contributed by atoms with Crippen molar-refractivity contribution in [3.8, 4) is 0 Å². The third-order valence-electron chi connectivity index (χ3n) is 4.04. The van der Waals surface area contributed by atoms with Crippen molar-refractivity contribution in [3.05, 3.63) is 0 Å². The van der Waals surface area contributed by atoms with E-state index in [2.05, 4.69) is 31.0 Å². The van der Waals surface area contributed by atoms with Gasteiger partial charge in [-0.05, 0) is 57.7 Å². The molecule has 4 nitrogen and oxygen atoms in total. The first kappa shape index (κ1) is 15.4. The Morgan fingerprint density at radius 1 is 1.33 bits per heavy atom. The van der Waals surface area contributed by atoms with Crippen LogP contribution < -0.4 is 11.1 Å². The lowest BCUT2D eigenvalue weighted by molar-refractivity contribution is -0.123. The molecule has 1 unspecified atom stereocenters. The molecule has 1 aliphatic heterocycles. The Balaban J connectivity index is 2.22. The van der Waals surface area contributed by atoms with Crippen LogP contribution in [-0.2, 0) is 4.79 Å². The molecule has 3 N–H and O–H groups in total. The number of hydrogen-bond donors (Lipinski definition) is 2. The van der Waals surface area contributed by atoms with Crippen molar-refractivity contribution in [1.82, 2.24) is 10.2 Å². The van der Waals surface area contributed by atoms with Gasteiger partial charge in [-0.3, -0.25) is 9.69 Å². The molecule has 18 heavy (non-hydrogen) atoms. The molecule has 0 saturated carbocycles. The Hall–Kier alpha value is -0.610. The lowest BCUT2D eigenvalue weighted by Gasteiger charge is -2.31. The molecule has 0 aliphatic carbocycles. The number of carbonyl (C=O) groups is 1. The average Bonchev–Trinajstić information content (AvgIpc) is 2.31. The second kappa shape index (κ2) is 7.74. The van der Waals surface area contributed by atoms with Gasteiger partial charge in [0.25, 0.3) is 0 Å². The van der Waals surface area contributed by atoms with Gasteiger partial charge in [0.05, 0.1) is 6.54 Å². The second-order valence-corrected chi connectivity index (χ2v) is 5.90. The quantitative estimate of drug-likeness (QED) is 0.750. The Bertz CT molecular complexity index is 247. The van der Waals surface area contributed by atoms with Crippen LogP contribution in [0.2, 0.25) is 0 Å². The molecule has 0 radical (unpaired) electrons. The molecule has 1 rings (SSSR count). The molecule has 4 heteroatoms. The van der Waals surface area contributed by atoms with E-state index in [-0.39, 0.29) is 11.9 Å². The molecule has 0 bridgehead atoms. The van der Waals surface area contributed by atoms with E-state index in [0.717, 1.165) is 32.0 Å². The minimum atomic E-state index is 0.161. The summed E-state index contributed by atoms with van der Waals surface area (Å²) in [5.41, 5.74) is 5.58. The fourth-order valence-corrected chi connectivity index (χ4v) is 2.34. The zero-order valence-electron chi connectivity index (χ0n) is 12.1. The van der Waals surface area contributed by atoms with Gasteiger partial charge in [0.1, 0.15) is 0 Å². The first-order valence-electron chi connectivity index (χ1n) is 7.24. The number of likely N-dealkylation sites (tertiary alicyclic amines) is 1. The van der Waals surface area contributed by atoms with E-state index in [9.17, 15) is 4.79 Å². The average molecular weight is 255 g/mol. The Morgan fingerprint density at radius 3 is 2.44 bits per heavy atom. The van der Waals surface area contributed by atoms with E-state index in [1.54, 1.807) is 0 Å². The van der Waals surface area contributed by atoms with Crippen LogP contribution in [0.5, 0.6) is 0 Å². The largest absolute Gasteiger partial charge is 0.352 e.